The molecule has 0 bridgehead atoms. The predicted molar refractivity (Wildman–Crippen MR) is 36.4 cm³/mol. The summed E-state index contributed by atoms with van der Waals surface area (Å²) < 4.78 is 17.3. The fraction of sp³-hybridized carbons (Fsp3) is 0.250. The van der Waals surface area contributed by atoms with Gasteiger partial charge in [0, 0.05) is 6.07 Å². The zero-order chi connectivity index (χ0) is 7.40. The Morgan fingerprint density at radius 1 is 1.60 bits per heavy atom. The lowest BCUT2D eigenvalue weighted by atomic mass is 10.3. The molecule has 1 radical (unpaired) electrons. The second-order valence-corrected chi connectivity index (χ2v) is 1.80. The van der Waals surface area contributed by atoms with Crippen LogP contribution in [0.2, 0.25) is 0 Å². The molecule has 1 aromatic carbocycles. The summed E-state index contributed by atoms with van der Waals surface area (Å²) in [6, 6.07) is 6.80. The molecule has 0 aliphatic carbocycles. The van der Waals surface area contributed by atoms with Gasteiger partial charge in [-0.1, -0.05) is 0 Å². The number of hydrogen-bond donors (Lipinski definition) is 0. The Bertz CT molecular complexity index is 193. The highest BCUT2D eigenvalue weighted by atomic mass is 19.1. The summed E-state index contributed by atoms with van der Waals surface area (Å²) in [6.07, 6.45) is 0. The molecule has 0 aliphatic rings. The molecule has 0 aromatic heterocycles. The van der Waals surface area contributed by atoms with Crippen LogP contribution in [0.5, 0.6) is 5.75 Å². The van der Waals surface area contributed by atoms with Gasteiger partial charge in [0.1, 0.15) is 11.6 Å². The van der Waals surface area contributed by atoms with Crippen molar-refractivity contribution in [1.82, 2.24) is 0 Å². The molecular formula is C8H8FO. The van der Waals surface area contributed by atoms with Crippen molar-refractivity contribution in [3.63, 3.8) is 0 Å². The number of hydrogen-bond acceptors (Lipinski definition) is 1. The Balaban J connectivity index is 2.69. The molecule has 0 amide bonds. The van der Waals surface area contributed by atoms with Gasteiger partial charge in [0.25, 0.3) is 0 Å². The molecule has 2 heteroatoms. The third kappa shape index (κ3) is 1.72. The molecule has 0 N–H and O–H groups in total. The summed E-state index contributed by atoms with van der Waals surface area (Å²) in [5.74, 6) is 0.298. The van der Waals surface area contributed by atoms with Gasteiger partial charge in [0.05, 0.1) is 6.61 Å². The summed E-state index contributed by atoms with van der Waals surface area (Å²) in [5, 5.41) is 0. The average molecular weight is 139 g/mol. The minimum Gasteiger partial charge on any atom is -0.493 e. The highest BCUT2D eigenvalue weighted by molar-refractivity contribution is 5.20. The van der Waals surface area contributed by atoms with Crippen LogP contribution >= 0.6 is 0 Å². The summed E-state index contributed by atoms with van der Waals surface area (Å²) in [7, 11) is 0. The number of ether oxygens (including phenoxy) is 1. The van der Waals surface area contributed by atoms with Crippen LogP contribution in [0.4, 0.5) is 4.39 Å². The van der Waals surface area contributed by atoms with Crippen LogP contribution < -0.4 is 4.74 Å². The molecule has 0 unspecified atom stereocenters. The Morgan fingerprint density at radius 3 is 2.90 bits per heavy atom. The lowest BCUT2D eigenvalue weighted by Gasteiger charge is -1.99. The van der Waals surface area contributed by atoms with Crippen molar-refractivity contribution < 1.29 is 9.13 Å². The van der Waals surface area contributed by atoms with Crippen molar-refractivity contribution in [3.05, 3.63) is 30.1 Å². The SMILES string of the molecule is CCOc1[c]cc(F)cc1. The molecule has 1 aromatic rings. The van der Waals surface area contributed by atoms with E-state index in [0.717, 1.165) is 0 Å². The van der Waals surface area contributed by atoms with E-state index in [1.54, 1.807) is 6.07 Å². The van der Waals surface area contributed by atoms with Gasteiger partial charge in [0.15, 0.2) is 0 Å². The molecule has 1 rings (SSSR count). The molecule has 10 heavy (non-hydrogen) atoms. The maximum Gasteiger partial charge on any atom is 0.127 e. The van der Waals surface area contributed by atoms with E-state index in [-0.39, 0.29) is 5.82 Å². The Labute approximate surface area is 59.4 Å². The van der Waals surface area contributed by atoms with Crippen LogP contribution in [0, 0.1) is 11.9 Å². The van der Waals surface area contributed by atoms with Crippen molar-refractivity contribution >= 4 is 0 Å². The second kappa shape index (κ2) is 3.20. The molecule has 0 aliphatic heterocycles. The van der Waals surface area contributed by atoms with Crippen molar-refractivity contribution in [2.75, 3.05) is 6.61 Å². The first-order chi connectivity index (χ1) is 4.83. The maximum atomic E-state index is 12.2. The molecule has 0 saturated carbocycles. The van der Waals surface area contributed by atoms with Gasteiger partial charge < -0.3 is 4.74 Å². The van der Waals surface area contributed by atoms with E-state index in [1.807, 2.05) is 6.92 Å². The molecule has 0 saturated heterocycles. The van der Waals surface area contributed by atoms with Crippen molar-refractivity contribution in [3.8, 4) is 5.75 Å². The largest absolute Gasteiger partial charge is 0.493 e. The second-order valence-electron chi connectivity index (χ2n) is 1.80. The molecule has 0 spiro atoms. The fourth-order valence-electron chi connectivity index (χ4n) is 0.637. The minimum atomic E-state index is -0.288. The standard InChI is InChI=1S/C8H8FO/c1-2-10-8-5-3-7(9)4-6-8/h3-5H,2H2,1H3. The average Bonchev–Trinajstić information content (AvgIpc) is 1.95. The lowest BCUT2D eigenvalue weighted by molar-refractivity contribution is 0.339. The first kappa shape index (κ1) is 7.06. The third-order valence-electron chi connectivity index (χ3n) is 1.05. The van der Waals surface area contributed by atoms with E-state index in [2.05, 4.69) is 6.07 Å². The Kier molecular flexibility index (Phi) is 2.26. The molecule has 1 nitrogen and oxygen atoms in total. The van der Waals surface area contributed by atoms with E-state index in [9.17, 15) is 4.39 Å². The lowest BCUT2D eigenvalue weighted by Crippen LogP contribution is -1.90. The monoisotopic (exact) mass is 139 g/mol. The summed E-state index contributed by atoms with van der Waals surface area (Å²) in [6.45, 7) is 2.46. The van der Waals surface area contributed by atoms with E-state index >= 15 is 0 Å². The van der Waals surface area contributed by atoms with E-state index in [4.69, 9.17) is 4.74 Å². The van der Waals surface area contributed by atoms with Crippen molar-refractivity contribution in [2.24, 2.45) is 0 Å². The van der Waals surface area contributed by atoms with Crippen LogP contribution in [-0.4, -0.2) is 6.61 Å². The van der Waals surface area contributed by atoms with E-state index in [1.165, 1.54) is 12.1 Å². The highest BCUT2D eigenvalue weighted by Gasteiger charge is 1.91. The minimum absolute atomic E-state index is 0.288. The molecule has 0 fully saturated rings. The summed E-state index contributed by atoms with van der Waals surface area (Å²) in [4.78, 5) is 0. The maximum absolute atomic E-state index is 12.2. The van der Waals surface area contributed by atoms with Crippen LogP contribution in [0.1, 0.15) is 6.92 Å². The topological polar surface area (TPSA) is 9.23 Å². The van der Waals surface area contributed by atoms with E-state index < -0.39 is 0 Å². The van der Waals surface area contributed by atoms with Crippen LogP contribution in [0.3, 0.4) is 0 Å². The quantitative estimate of drug-likeness (QED) is 0.609. The number of halogens is 1. The van der Waals surface area contributed by atoms with Gasteiger partial charge >= 0.3 is 0 Å². The van der Waals surface area contributed by atoms with Crippen molar-refractivity contribution in [1.29, 1.82) is 0 Å². The smallest absolute Gasteiger partial charge is 0.127 e. The van der Waals surface area contributed by atoms with Gasteiger partial charge in [-0.05, 0) is 25.1 Å². The van der Waals surface area contributed by atoms with Crippen LogP contribution in [0.25, 0.3) is 0 Å². The van der Waals surface area contributed by atoms with Gasteiger partial charge in [-0.15, -0.1) is 0 Å². The van der Waals surface area contributed by atoms with Gasteiger partial charge in [-0.3, -0.25) is 0 Å². The number of rotatable bonds is 2. The van der Waals surface area contributed by atoms with Gasteiger partial charge in [-0.2, -0.15) is 0 Å². The van der Waals surface area contributed by atoms with Gasteiger partial charge in [-0.25, -0.2) is 4.39 Å². The first-order valence-corrected chi connectivity index (χ1v) is 3.13. The molecule has 0 atom stereocenters. The third-order valence-corrected chi connectivity index (χ3v) is 1.05. The van der Waals surface area contributed by atoms with E-state index in [0.29, 0.717) is 12.4 Å². The van der Waals surface area contributed by atoms with Crippen molar-refractivity contribution in [2.45, 2.75) is 6.92 Å². The molecule has 53 valence electrons. The highest BCUT2D eigenvalue weighted by Crippen LogP contribution is 2.09. The zero-order valence-corrected chi connectivity index (χ0v) is 5.73. The van der Waals surface area contributed by atoms with Gasteiger partial charge in [0.2, 0.25) is 0 Å². The molecule has 0 heterocycles. The van der Waals surface area contributed by atoms with Crippen LogP contribution in [0.15, 0.2) is 18.2 Å². The predicted octanol–water partition coefficient (Wildman–Crippen LogP) is 2.02. The first-order valence-electron chi connectivity index (χ1n) is 3.13. The zero-order valence-electron chi connectivity index (χ0n) is 5.73. The van der Waals surface area contributed by atoms with Crippen LogP contribution in [-0.2, 0) is 0 Å². The Hall–Kier alpha value is -1.05. The summed E-state index contributed by atoms with van der Waals surface area (Å²) in [5.41, 5.74) is 0. The fourth-order valence-corrected chi connectivity index (χ4v) is 0.637. The Morgan fingerprint density at radius 2 is 2.40 bits per heavy atom. The summed E-state index contributed by atoms with van der Waals surface area (Å²) >= 11 is 0. The normalized spacial score (nSPS) is 9.40. The molecular weight excluding hydrogens is 131 g/mol. The number of benzene rings is 1.